The van der Waals surface area contributed by atoms with Crippen LogP contribution in [0, 0.1) is 12.8 Å². The van der Waals surface area contributed by atoms with Crippen molar-refractivity contribution in [1.82, 2.24) is 0 Å². The van der Waals surface area contributed by atoms with Crippen molar-refractivity contribution in [1.29, 1.82) is 0 Å². The van der Waals surface area contributed by atoms with Crippen LogP contribution < -0.4 is 0 Å². The zero-order chi connectivity index (χ0) is 7.54. The van der Waals surface area contributed by atoms with E-state index in [4.69, 9.17) is 0 Å². The van der Waals surface area contributed by atoms with Crippen LogP contribution in [0.3, 0.4) is 0 Å². The maximum absolute atomic E-state index is 4.00. The lowest BCUT2D eigenvalue weighted by molar-refractivity contribution is 1.31. The van der Waals surface area contributed by atoms with Gasteiger partial charge in [-0.2, -0.15) is 0 Å². The lowest BCUT2D eigenvalue weighted by Gasteiger charge is -1.71. The third-order valence-corrected chi connectivity index (χ3v) is 0.523. The van der Waals surface area contributed by atoms with Crippen molar-refractivity contribution in [3.63, 3.8) is 0 Å². The Morgan fingerprint density at radius 1 is 1.44 bits per heavy atom. The van der Waals surface area contributed by atoms with E-state index in [2.05, 4.69) is 24.8 Å². The second-order valence-corrected chi connectivity index (χ2v) is 1.22. The number of hydrogen-bond acceptors (Lipinski definition) is 1. The molecule has 0 atom stereocenters. The minimum absolute atomic E-state index is 1.02. The molecule has 0 aliphatic heterocycles. The smallest absolute Gasteiger partial charge is 0.0221 e. The molecule has 50 valence electrons. The van der Waals surface area contributed by atoms with Gasteiger partial charge in [0.05, 0.1) is 0 Å². The van der Waals surface area contributed by atoms with Crippen molar-refractivity contribution in [2.75, 3.05) is 0 Å². The SMILES string of the molecule is C#C.C/C=C\N=CCC. The molecule has 1 heteroatoms. The normalized spacial score (nSPS) is 9.33. The van der Waals surface area contributed by atoms with Gasteiger partial charge in [-0.05, 0) is 13.3 Å². The van der Waals surface area contributed by atoms with Crippen LogP contribution in [0.2, 0.25) is 0 Å². The van der Waals surface area contributed by atoms with E-state index in [0.29, 0.717) is 0 Å². The largest absolute Gasteiger partial charge is 0.269 e. The van der Waals surface area contributed by atoms with Gasteiger partial charge in [-0.1, -0.05) is 13.0 Å². The molecular formula is C8H13N. The minimum Gasteiger partial charge on any atom is -0.269 e. The molecule has 0 saturated carbocycles. The number of rotatable bonds is 2. The molecule has 0 aliphatic rings. The summed E-state index contributed by atoms with van der Waals surface area (Å²) in [7, 11) is 0. The van der Waals surface area contributed by atoms with Crippen LogP contribution in [0.4, 0.5) is 0 Å². The second kappa shape index (κ2) is 15.8. The highest BCUT2D eigenvalue weighted by atomic mass is 14.6. The maximum atomic E-state index is 4.00. The van der Waals surface area contributed by atoms with Gasteiger partial charge in [0, 0.05) is 12.4 Å². The first-order valence-corrected chi connectivity index (χ1v) is 2.88. The molecule has 0 aromatic heterocycles. The zero-order valence-corrected chi connectivity index (χ0v) is 6.04. The van der Waals surface area contributed by atoms with Crippen molar-refractivity contribution in [3.8, 4) is 12.8 Å². The summed E-state index contributed by atoms with van der Waals surface area (Å²) < 4.78 is 0. The summed E-state index contributed by atoms with van der Waals surface area (Å²) in [4.78, 5) is 3.90. The molecule has 0 aromatic carbocycles. The summed E-state index contributed by atoms with van der Waals surface area (Å²) in [5.41, 5.74) is 0. The topological polar surface area (TPSA) is 12.4 Å². The van der Waals surface area contributed by atoms with Crippen molar-refractivity contribution in [2.45, 2.75) is 20.3 Å². The van der Waals surface area contributed by atoms with Gasteiger partial charge in [-0.3, -0.25) is 4.99 Å². The number of nitrogens with zero attached hydrogens (tertiary/aromatic N) is 1. The van der Waals surface area contributed by atoms with Crippen LogP contribution >= 0.6 is 0 Å². The monoisotopic (exact) mass is 123 g/mol. The molecule has 0 aliphatic carbocycles. The summed E-state index contributed by atoms with van der Waals surface area (Å²) >= 11 is 0. The lowest BCUT2D eigenvalue weighted by Crippen LogP contribution is -1.61. The molecular weight excluding hydrogens is 110 g/mol. The maximum Gasteiger partial charge on any atom is 0.0221 e. The van der Waals surface area contributed by atoms with Gasteiger partial charge in [0.15, 0.2) is 0 Å². The van der Waals surface area contributed by atoms with Crippen LogP contribution in [0.25, 0.3) is 0 Å². The molecule has 0 saturated heterocycles. The van der Waals surface area contributed by atoms with Gasteiger partial charge in [-0.15, -0.1) is 12.8 Å². The molecule has 0 rings (SSSR count). The van der Waals surface area contributed by atoms with E-state index < -0.39 is 0 Å². The molecule has 0 bridgehead atoms. The second-order valence-electron chi connectivity index (χ2n) is 1.22. The fourth-order valence-corrected chi connectivity index (χ4v) is 0.252. The number of terminal acetylenes is 1. The molecule has 0 spiro atoms. The first-order chi connectivity index (χ1) is 4.41. The average Bonchev–Trinajstić information content (AvgIpc) is 1.94. The molecule has 0 unspecified atom stereocenters. The quantitative estimate of drug-likeness (QED) is 0.394. The highest BCUT2D eigenvalue weighted by molar-refractivity contribution is 5.57. The van der Waals surface area contributed by atoms with E-state index in [-0.39, 0.29) is 0 Å². The van der Waals surface area contributed by atoms with Gasteiger partial charge < -0.3 is 0 Å². The van der Waals surface area contributed by atoms with E-state index >= 15 is 0 Å². The Morgan fingerprint density at radius 2 is 2.00 bits per heavy atom. The molecule has 0 heterocycles. The summed E-state index contributed by atoms with van der Waals surface area (Å²) in [5.74, 6) is 0. The summed E-state index contributed by atoms with van der Waals surface area (Å²) in [5, 5.41) is 0. The third-order valence-electron chi connectivity index (χ3n) is 0.523. The van der Waals surface area contributed by atoms with E-state index in [1.165, 1.54) is 0 Å². The molecule has 9 heavy (non-hydrogen) atoms. The van der Waals surface area contributed by atoms with Crippen LogP contribution in [0.5, 0.6) is 0 Å². The van der Waals surface area contributed by atoms with Gasteiger partial charge in [0.1, 0.15) is 0 Å². The zero-order valence-electron chi connectivity index (χ0n) is 6.04. The fraction of sp³-hybridized carbons (Fsp3) is 0.375. The Morgan fingerprint density at radius 3 is 2.33 bits per heavy atom. The number of allylic oxidation sites excluding steroid dienone is 1. The number of aliphatic imine (C=N–C) groups is 1. The Balaban J connectivity index is 0. The van der Waals surface area contributed by atoms with Gasteiger partial charge >= 0.3 is 0 Å². The van der Waals surface area contributed by atoms with Gasteiger partial charge in [0.25, 0.3) is 0 Å². The summed E-state index contributed by atoms with van der Waals surface area (Å²) in [6, 6.07) is 0. The molecule has 0 radical (unpaired) electrons. The lowest BCUT2D eigenvalue weighted by atomic mass is 10.5. The van der Waals surface area contributed by atoms with Crippen molar-refractivity contribution >= 4 is 6.21 Å². The minimum atomic E-state index is 1.02. The highest BCUT2D eigenvalue weighted by Gasteiger charge is 1.58. The van der Waals surface area contributed by atoms with Crippen LogP contribution in [0.15, 0.2) is 17.3 Å². The Kier molecular flexibility index (Phi) is 19.0. The predicted molar refractivity (Wildman–Crippen MR) is 43.5 cm³/mol. The number of hydrogen-bond donors (Lipinski definition) is 0. The molecule has 0 aromatic rings. The Bertz CT molecular complexity index is 98.4. The average molecular weight is 123 g/mol. The molecule has 0 fully saturated rings. The Hall–Kier alpha value is -1.03. The van der Waals surface area contributed by atoms with Crippen LogP contribution in [0.1, 0.15) is 20.3 Å². The first kappa shape index (κ1) is 10.9. The molecule has 0 N–H and O–H groups in total. The van der Waals surface area contributed by atoms with Crippen molar-refractivity contribution in [3.05, 3.63) is 12.3 Å². The Labute approximate surface area is 57.5 Å². The van der Waals surface area contributed by atoms with Crippen LogP contribution in [-0.4, -0.2) is 6.21 Å². The summed E-state index contributed by atoms with van der Waals surface area (Å²) in [6.07, 6.45) is 14.6. The van der Waals surface area contributed by atoms with Crippen molar-refractivity contribution in [2.24, 2.45) is 4.99 Å². The summed E-state index contributed by atoms with van der Waals surface area (Å²) in [6.45, 7) is 4.01. The van der Waals surface area contributed by atoms with E-state index in [1.54, 1.807) is 6.20 Å². The van der Waals surface area contributed by atoms with Gasteiger partial charge in [-0.25, -0.2) is 0 Å². The van der Waals surface area contributed by atoms with E-state index in [9.17, 15) is 0 Å². The van der Waals surface area contributed by atoms with E-state index in [0.717, 1.165) is 6.42 Å². The molecule has 1 nitrogen and oxygen atoms in total. The first-order valence-electron chi connectivity index (χ1n) is 2.88. The van der Waals surface area contributed by atoms with Crippen molar-refractivity contribution < 1.29 is 0 Å². The molecule has 0 amide bonds. The van der Waals surface area contributed by atoms with Crippen LogP contribution in [-0.2, 0) is 0 Å². The van der Waals surface area contributed by atoms with E-state index in [1.807, 2.05) is 19.2 Å². The standard InChI is InChI=1S/C6H11N.C2H2/c1-3-5-7-6-4-2;1-2/h3,5-6H,4H2,1-2H3;1-2H/b5-3-,7-6?;. The highest BCUT2D eigenvalue weighted by Crippen LogP contribution is 1.72. The van der Waals surface area contributed by atoms with Gasteiger partial charge in [0.2, 0.25) is 0 Å². The fourth-order valence-electron chi connectivity index (χ4n) is 0.252. The predicted octanol–water partition coefficient (Wildman–Crippen LogP) is 2.25. The third kappa shape index (κ3) is 19.5.